The molecule has 0 radical (unpaired) electrons. The van der Waals surface area contributed by atoms with Gasteiger partial charge in [0.1, 0.15) is 12.1 Å². The third-order valence-electron chi connectivity index (χ3n) is 2.74. The monoisotopic (exact) mass is 206 g/mol. The van der Waals surface area contributed by atoms with Crippen LogP contribution in [0, 0.1) is 0 Å². The van der Waals surface area contributed by atoms with E-state index in [1.165, 1.54) is 6.42 Å². The summed E-state index contributed by atoms with van der Waals surface area (Å²) in [6.07, 6.45) is 3.83. The first-order valence-corrected chi connectivity index (χ1v) is 5.66. The highest BCUT2D eigenvalue weighted by Gasteiger charge is 2.10. The van der Waals surface area contributed by atoms with E-state index in [2.05, 4.69) is 33.2 Å². The quantitative estimate of drug-likeness (QED) is 0.778. The maximum Gasteiger partial charge on any atom is 0.132 e. The van der Waals surface area contributed by atoms with Crippen molar-refractivity contribution in [2.45, 2.75) is 19.8 Å². The van der Waals surface area contributed by atoms with Crippen molar-refractivity contribution >= 4 is 5.82 Å². The van der Waals surface area contributed by atoms with Crippen molar-refractivity contribution in [3.8, 4) is 0 Å². The summed E-state index contributed by atoms with van der Waals surface area (Å²) in [5.74, 6) is 1.07. The number of aromatic nitrogens is 2. The fraction of sp³-hybridized carbons (Fsp3) is 0.636. The van der Waals surface area contributed by atoms with Gasteiger partial charge in [0, 0.05) is 31.4 Å². The first kappa shape index (κ1) is 10.4. The Morgan fingerprint density at radius 3 is 3.13 bits per heavy atom. The van der Waals surface area contributed by atoms with Crippen LogP contribution in [0.2, 0.25) is 0 Å². The zero-order valence-electron chi connectivity index (χ0n) is 9.24. The summed E-state index contributed by atoms with van der Waals surface area (Å²) in [5, 5.41) is 3.39. The molecule has 2 rings (SSSR count). The van der Waals surface area contributed by atoms with Gasteiger partial charge in [-0.05, 0) is 19.4 Å². The summed E-state index contributed by atoms with van der Waals surface area (Å²) in [4.78, 5) is 10.9. The minimum Gasteiger partial charge on any atom is -0.355 e. The van der Waals surface area contributed by atoms with E-state index in [-0.39, 0.29) is 0 Å². The zero-order valence-corrected chi connectivity index (χ0v) is 9.24. The summed E-state index contributed by atoms with van der Waals surface area (Å²) in [6, 6.07) is 2.10. The molecule has 0 unspecified atom stereocenters. The number of rotatable bonds is 2. The van der Waals surface area contributed by atoms with Gasteiger partial charge in [0.25, 0.3) is 0 Å². The van der Waals surface area contributed by atoms with Crippen LogP contribution in [-0.4, -0.2) is 36.1 Å². The van der Waals surface area contributed by atoms with Gasteiger partial charge in [-0.15, -0.1) is 0 Å². The van der Waals surface area contributed by atoms with Crippen molar-refractivity contribution in [1.82, 2.24) is 15.3 Å². The lowest BCUT2D eigenvalue weighted by atomic mass is 10.3. The number of nitrogens with one attached hydrogen (secondary N) is 1. The van der Waals surface area contributed by atoms with Gasteiger partial charge in [0.15, 0.2) is 0 Å². The second-order valence-corrected chi connectivity index (χ2v) is 3.81. The van der Waals surface area contributed by atoms with Crippen LogP contribution in [0.5, 0.6) is 0 Å². The van der Waals surface area contributed by atoms with Gasteiger partial charge in [-0.25, -0.2) is 9.97 Å². The summed E-state index contributed by atoms with van der Waals surface area (Å²) in [5.41, 5.74) is 1.12. The van der Waals surface area contributed by atoms with Gasteiger partial charge in [-0.2, -0.15) is 0 Å². The number of hydrogen-bond donors (Lipinski definition) is 1. The Bertz CT molecular complexity index is 305. The molecule has 0 aromatic carbocycles. The lowest BCUT2D eigenvalue weighted by Crippen LogP contribution is -2.28. The number of hydrogen-bond acceptors (Lipinski definition) is 4. The van der Waals surface area contributed by atoms with Crippen molar-refractivity contribution in [1.29, 1.82) is 0 Å². The highest BCUT2D eigenvalue weighted by atomic mass is 15.2. The van der Waals surface area contributed by atoms with E-state index in [9.17, 15) is 0 Å². The molecule has 2 heterocycles. The molecule has 15 heavy (non-hydrogen) atoms. The Balaban J connectivity index is 2.12. The van der Waals surface area contributed by atoms with E-state index >= 15 is 0 Å². The lowest BCUT2D eigenvalue weighted by Gasteiger charge is -2.20. The molecule has 1 aliphatic heterocycles. The normalized spacial score (nSPS) is 17.5. The molecule has 0 saturated carbocycles. The fourth-order valence-corrected chi connectivity index (χ4v) is 1.83. The maximum atomic E-state index is 4.34. The van der Waals surface area contributed by atoms with Crippen LogP contribution in [0.4, 0.5) is 5.82 Å². The summed E-state index contributed by atoms with van der Waals surface area (Å²) < 4.78 is 0. The average molecular weight is 206 g/mol. The first-order chi connectivity index (χ1) is 7.40. The smallest absolute Gasteiger partial charge is 0.132 e. The van der Waals surface area contributed by atoms with Crippen molar-refractivity contribution in [2.24, 2.45) is 0 Å². The standard InChI is InChI=1S/C11H18N4/c1-2-10-8-11(14-9-13-10)15-6-3-4-12-5-7-15/h8-9,12H,2-7H2,1H3. The van der Waals surface area contributed by atoms with Crippen molar-refractivity contribution in [3.05, 3.63) is 18.1 Å². The molecule has 82 valence electrons. The largest absolute Gasteiger partial charge is 0.355 e. The summed E-state index contributed by atoms with van der Waals surface area (Å²) >= 11 is 0. The molecule has 1 N–H and O–H groups in total. The molecule has 4 heteroatoms. The Morgan fingerprint density at radius 2 is 2.27 bits per heavy atom. The number of aryl methyl sites for hydroxylation is 1. The topological polar surface area (TPSA) is 41.0 Å². The highest BCUT2D eigenvalue weighted by Crippen LogP contribution is 2.12. The molecule has 0 amide bonds. The Hall–Kier alpha value is -1.16. The molecule has 0 spiro atoms. The van der Waals surface area contributed by atoms with Gasteiger partial charge >= 0.3 is 0 Å². The van der Waals surface area contributed by atoms with Gasteiger partial charge in [0.05, 0.1) is 0 Å². The van der Waals surface area contributed by atoms with E-state index in [1.807, 2.05) is 0 Å². The first-order valence-electron chi connectivity index (χ1n) is 5.66. The number of nitrogens with zero attached hydrogens (tertiary/aromatic N) is 3. The average Bonchev–Trinajstić information content (AvgIpc) is 2.58. The second kappa shape index (κ2) is 5.07. The van der Waals surface area contributed by atoms with Crippen LogP contribution in [0.25, 0.3) is 0 Å². The Labute approximate surface area is 90.7 Å². The predicted molar refractivity (Wildman–Crippen MR) is 61.1 cm³/mol. The molecular formula is C11H18N4. The third-order valence-corrected chi connectivity index (χ3v) is 2.74. The van der Waals surface area contributed by atoms with Gasteiger partial charge in [-0.3, -0.25) is 0 Å². The van der Waals surface area contributed by atoms with Crippen LogP contribution in [-0.2, 0) is 6.42 Å². The van der Waals surface area contributed by atoms with Crippen LogP contribution < -0.4 is 10.2 Å². The van der Waals surface area contributed by atoms with Gasteiger partial charge < -0.3 is 10.2 Å². The van der Waals surface area contributed by atoms with E-state index < -0.39 is 0 Å². The summed E-state index contributed by atoms with van der Waals surface area (Å²) in [6.45, 7) is 6.41. The molecule has 0 bridgehead atoms. The Kier molecular flexibility index (Phi) is 3.50. The van der Waals surface area contributed by atoms with E-state index in [1.54, 1.807) is 6.33 Å². The zero-order chi connectivity index (χ0) is 10.5. The lowest BCUT2D eigenvalue weighted by molar-refractivity contribution is 0.724. The van der Waals surface area contributed by atoms with Crippen molar-refractivity contribution in [2.75, 3.05) is 31.1 Å². The van der Waals surface area contributed by atoms with Gasteiger partial charge in [0.2, 0.25) is 0 Å². The van der Waals surface area contributed by atoms with Gasteiger partial charge in [-0.1, -0.05) is 6.92 Å². The second-order valence-electron chi connectivity index (χ2n) is 3.81. The molecule has 1 aliphatic rings. The molecular weight excluding hydrogens is 188 g/mol. The van der Waals surface area contributed by atoms with Crippen LogP contribution >= 0.6 is 0 Å². The van der Waals surface area contributed by atoms with Crippen LogP contribution in [0.1, 0.15) is 19.0 Å². The molecule has 0 aliphatic carbocycles. The number of anilines is 1. The highest BCUT2D eigenvalue weighted by molar-refractivity contribution is 5.39. The van der Waals surface area contributed by atoms with Crippen molar-refractivity contribution < 1.29 is 0 Å². The van der Waals surface area contributed by atoms with Crippen molar-refractivity contribution in [3.63, 3.8) is 0 Å². The van der Waals surface area contributed by atoms with Crippen LogP contribution in [0.3, 0.4) is 0 Å². The van der Waals surface area contributed by atoms with E-state index in [4.69, 9.17) is 0 Å². The van der Waals surface area contributed by atoms with Crippen LogP contribution in [0.15, 0.2) is 12.4 Å². The third kappa shape index (κ3) is 2.65. The molecule has 1 aromatic heterocycles. The van der Waals surface area contributed by atoms with E-state index in [0.717, 1.165) is 44.1 Å². The minimum atomic E-state index is 0.974. The predicted octanol–water partition coefficient (Wildman–Crippen LogP) is 0.839. The minimum absolute atomic E-state index is 0.974. The van der Waals surface area contributed by atoms with E-state index in [0.29, 0.717) is 0 Å². The molecule has 1 fully saturated rings. The maximum absolute atomic E-state index is 4.34. The fourth-order valence-electron chi connectivity index (χ4n) is 1.83. The molecule has 1 saturated heterocycles. The molecule has 1 aromatic rings. The molecule has 4 nitrogen and oxygen atoms in total. The Morgan fingerprint density at radius 1 is 1.33 bits per heavy atom. The molecule has 0 atom stereocenters. The SMILES string of the molecule is CCc1cc(N2CCCNCC2)ncn1. The summed E-state index contributed by atoms with van der Waals surface area (Å²) in [7, 11) is 0.